The molecule has 1 amide bonds. The molecule has 1 aliphatic heterocycles. The van der Waals surface area contributed by atoms with Crippen molar-refractivity contribution in [2.24, 2.45) is 5.11 Å². The average Bonchev–Trinajstić information content (AvgIpc) is 2.37. The first kappa shape index (κ1) is 16.2. The predicted octanol–water partition coefficient (Wildman–Crippen LogP) is 0.494. The molecular weight excluding hydrogens is 268 g/mol. The number of carbonyl (C=O) groups is 2. The highest BCUT2D eigenvalue weighted by atomic mass is 16.7. The van der Waals surface area contributed by atoms with Crippen LogP contribution in [0.4, 0.5) is 0 Å². The van der Waals surface area contributed by atoms with Crippen molar-refractivity contribution >= 4 is 11.9 Å². The van der Waals surface area contributed by atoms with Crippen molar-refractivity contribution in [3.63, 3.8) is 0 Å². The Kier molecular flexibility index (Phi) is 6.23. The standard InChI is InChI=1S/C11H18N4O5/c1-6(16)14-8-4-10(18-3)20-9(5-13-15-12)11(8)19-7(2)17/h8-11H,4-5H2,1-3H3,(H,14,16)/t8-,9-,10+,11-/m1/s1. The highest BCUT2D eigenvalue weighted by Gasteiger charge is 2.41. The molecule has 1 N–H and O–H groups in total. The molecule has 0 aromatic rings. The van der Waals surface area contributed by atoms with Crippen molar-refractivity contribution in [3.8, 4) is 0 Å². The topological polar surface area (TPSA) is 123 Å². The van der Waals surface area contributed by atoms with Crippen LogP contribution in [0.2, 0.25) is 0 Å². The van der Waals surface area contributed by atoms with Crippen LogP contribution in [-0.4, -0.2) is 50.1 Å². The van der Waals surface area contributed by atoms with Crippen LogP contribution in [0.3, 0.4) is 0 Å². The number of nitrogens with one attached hydrogen (secondary N) is 1. The van der Waals surface area contributed by atoms with E-state index in [9.17, 15) is 9.59 Å². The first-order chi connectivity index (χ1) is 9.47. The number of carbonyl (C=O) groups excluding carboxylic acids is 2. The van der Waals surface area contributed by atoms with Gasteiger partial charge in [-0.2, -0.15) is 0 Å². The summed E-state index contributed by atoms with van der Waals surface area (Å²) in [7, 11) is 1.46. The van der Waals surface area contributed by atoms with E-state index in [0.717, 1.165) is 0 Å². The Morgan fingerprint density at radius 3 is 2.70 bits per heavy atom. The maximum atomic E-state index is 11.2. The molecule has 9 nitrogen and oxygen atoms in total. The number of esters is 1. The molecule has 1 heterocycles. The zero-order chi connectivity index (χ0) is 15.1. The lowest BCUT2D eigenvalue weighted by atomic mass is 9.98. The molecule has 4 atom stereocenters. The van der Waals surface area contributed by atoms with Crippen molar-refractivity contribution in [1.29, 1.82) is 0 Å². The second-order valence-corrected chi connectivity index (χ2v) is 4.37. The fourth-order valence-electron chi connectivity index (χ4n) is 2.10. The Labute approximate surface area is 116 Å². The summed E-state index contributed by atoms with van der Waals surface area (Å²) in [6, 6.07) is -0.464. The summed E-state index contributed by atoms with van der Waals surface area (Å²) in [5.74, 6) is -0.762. The lowest BCUT2D eigenvalue weighted by molar-refractivity contribution is -0.225. The molecule has 0 saturated carbocycles. The van der Waals surface area contributed by atoms with E-state index < -0.39 is 30.5 Å². The van der Waals surface area contributed by atoms with Crippen LogP contribution < -0.4 is 5.32 Å². The minimum absolute atomic E-state index is 0.0234. The molecule has 0 radical (unpaired) electrons. The number of amides is 1. The van der Waals surface area contributed by atoms with Crippen molar-refractivity contribution < 1.29 is 23.8 Å². The summed E-state index contributed by atoms with van der Waals surface area (Å²) in [5.41, 5.74) is 8.39. The third-order valence-corrected chi connectivity index (χ3v) is 2.81. The van der Waals surface area contributed by atoms with Gasteiger partial charge in [0.2, 0.25) is 5.91 Å². The zero-order valence-corrected chi connectivity index (χ0v) is 11.6. The van der Waals surface area contributed by atoms with Crippen LogP contribution in [0, 0.1) is 0 Å². The number of rotatable bonds is 5. The molecule has 0 spiro atoms. The molecule has 0 bridgehead atoms. The van der Waals surface area contributed by atoms with Gasteiger partial charge in [-0.1, -0.05) is 5.11 Å². The van der Waals surface area contributed by atoms with Gasteiger partial charge < -0.3 is 19.5 Å². The monoisotopic (exact) mass is 286 g/mol. The predicted molar refractivity (Wildman–Crippen MR) is 67.5 cm³/mol. The van der Waals surface area contributed by atoms with Crippen LogP contribution in [0.25, 0.3) is 10.4 Å². The number of hydrogen-bond donors (Lipinski definition) is 1. The van der Waals surface area contributed by atoms with Crippen LogP contribution in [0.15, 0.2) is 5.11 Å². The third kappa shape index (κ3) is 4.69. The van der Waals surface area contributed by atoms with Gasteiger partial charge in [-0.15, -0.1) is 0 Å². The fourth-order valence-corrected chi connectivity index (χ4v) is 2.10. The maximum absolute atomic E-state index is 11.2. The van der Waals surface area contributed by atoms with Crippen LogP contribution >= 0.6 is 0 Å². The minimum Gasteiger partial charge on any atom is -0.458 e. The Morgan fingerprint density at radius 1 is 1.50 bits per heavy atom. The van der Waals surface area contributed by atoms with Gasteiger partial charge in [0.15, 0.2) is 6.29 Å². The molecule has 1 saturated heterocycles. The van der Waals surface area contributed by atoms with Crippen molar-refractivity contribution in [2.75, 3.05) is 13.7 Å². The molecule has 0 aromatic heterocycles. The number of hydrogen-bond acceptors (Lipinski definition) is 6. The number of methoxy groups -OCH3 is 1. The molecule has 0 aromatic carbocycles. The lowest BCUT2D eigenvalue weighted by Gasteiger charge is -2.40. The van der Waals surface area contributed by atoms with Gasteiger partial charge in [0.05, 0.1) is 12.6 Å². The zero-order valence-electron chi connectivity index (χ0n) is 11.6. The van der Waals surface area contributed by atoms with Gasteiger partial charge in [-0.25, -0.2) is 0 Å². The Morgan fingerprint density at radius 2 is 2.20 bits per heavy atom. The van der Waals surface area contributed by atoms with E-state index in [2.05, 4.69) is 15.3 Å². The van der Waals surface area contributed by atoms with Gasteiger partial charge in [0, 0.05) is 32.3 Å². The van der Waals surface area contributed by atoms with E-state index in [1.807, 2.05) is 0 Å². The molecular formula is C11H18N4O5. The minimum atomic E-state index is -0.728. The fraction of sp³-hybridized carbons (Fsp3) is 0.818. The largest absolute Gasteiger partial charge is 0.458 e. The highest BCUT2D eigenvalue weighted by molar-refractivity contribution is 5.73. The number of ether oxygens (including phenoxy) is 3. The molecule has 1 fully saturated rings. The molecule has 1 aliphatic rings. The maximum Gasteiger partial charge on any atom is 0.303 e. The third-order valence-electron chi connectivity index (χ3n) is 2.81. The van der Waals surface area contributed by atoms with Gasteiger partial charge in [-0.05, 0) is 5.53 Å². The first-order valence-corrected chi connectivity index (χ1v) is 6.11. The van der Waals surface area contributed by atoms with E-state index in [-0.39, 0.29) is 12.5 Å². The summed E-state index contributed by atoms with van der Waals surface area (Å²) in [6.07, 6.45) is -1.64. The summed E-state index contributed by atoms with van der Waals surface area (Å²) < 4.78 is 15.9. The van der Waals surface area contributed by atoms with Crippen molar-refractivity contribution in [2.45, 2.75) is 44.8 Å². The Hall–Kier alpha value is -1.83. The number of azide groups is 1. The lowest BCUT2D eigenvalue weighted by Crippen LogP contribution is -2.58. The summed E-state index contributed by atoms with van der Waals surface area (Å²) in [5, 5.41) is 6.13. The molecule has 112 valence electrons. The summed E-state index contributed by atoms with van der Waals surface area (Å²) in [4.78, 5) is 25.1. The molecule has 9 heteroatoms. The van der Waals surface area contributed by atoms with Crippen LogP contribution in [-0.2, 0) is 23.8 Å². The molecule has 20 heavy (non-hydrogen) atoms. The van der Waals surface area contributed by atoms with E-state index >= 15 is 0 Å². The van der Waals surface area contributed by atoms with Gasteiger partial charge >= 0.3 is 5.97 Å². The Bertz CT molecular complexity index is 396. The van der Waals surface area contributed by atoms with Crippen molar-refractivity contribution in [3.05, 3.63) is 10.4 Å². The van der Waals surface area contributed by atoms with E-state index in [0.29, 0.717) is 6.42 Å². The van der Waals surface area contributed by atoms with E-state index in [1.165, 1.54) is 21.0 Å². The SMILES string of the molecule is CO[C@@H]1C[C@@H](NC(C)=O)[C@@H](OC(C)=O)[C@@H](CN=[N+]=[N-])O1. The normalized spacial score (nSPS) is 29.1. The van der Waals surface area contributed by atoms with Gasteiger partial charge in [-0.3, -0.25) is 9.59 Å². The van der Waals surface area contributed by atoms with E-state index in [1.54, 1.807) is 0 Å². The van der Waals surface area contributed by atoms with E-state index in [4.69, 9.17) is 19.7 Å². The summed E-state index contributed by atoms with van der Waals surface area (Å²) >= 11 is 0. The van der Waals surface area contributed by atoms with Crippen LogP contribution in [0.5, 0.6) is 0 Å². The molecule has 0 aliphatic carbocycles. The quantitative estimate of drug-likeness (QED) is 0.341. The first-order valence-electron chi connectivity index (χ1n) is 6.11. The average molecular weight is 286 g/mol. The van der Waals surface area contributed by atoms with Gasteiger partial charge in [0.1, 0.15) is 12.2 Å². The summed E-state index contributed by atoms with van der Waals surface area (Å²) in [6.45, 7) is 2.60. The second-order valence-electron chi connectivity index (χ2n) is 4.37. The molecule has 1 rings (SSSR count). The van der Waals surface area contributed by atoms with Crippen molar-refractivity contribution in [1.82, 2.24) is 5.32 Å². The van der Waals surface area contributed by atoms with Gasteiger partial charge in [0.25, 0.3) is 0 Å². The second kappa shape index (κ2) is 7.68. The molecule has 0 unspecified atom stereocenters. The smallest absolute Gasteiger partial charge is 0.303 e. The Balaban J connectivity index is 2.91. The highest BCUT2D eigenvalue weighted by Crippen LogP contribution is 2.24. The number of nitrogens with zero attached hydrogens (tertiary/aromatic N) is 3. The van der Waals surface area contributed by atoms with Crippen LogP contribution in [0.1, 0.15) is 20.3 Å².